The van der Waals surface area contributed by atoms with Crippen molar-refractivity contribution in [3.8, 4) is 0 Å². The van der Waals surface area contributed by atoms with Gasteiger partial charge in [-0.15, -0.1) is 11.3 Å². The lowest BCUT2D eigenvalue weighted by Gasteiger charge is -2.17. The number of H-pyrrole nitrogens is 1. The zero-order chi connectivity index (χ0) is 15.5. The summed E-state index contributed by atoms with van der Waals surface area (Å²) in [6.07, 6.45) is 8.33. The molecule has 0 saturated carbocycles. The minimum Gasteiger partial charge on any atom is -0.301 e. The number of hydrogen-bond donors (Lipinski definition) is 1. The largest absolute Gasteiger partial charge is 0.301 e. The number of thiophene rings is 1. The van der Waals surface area contributed by atoms with Crippen LogP contribution in [0.5, 0.6) is 0 Å². The average molecular weight is 337 g/mol. The van der Waals surface area contributed by atoms with Gasteiger partial charge in [-0.05, 0) is 37.2 Å². The zero-order valence-electron chi connectivity index (χ0n) is 13.4. The highest BCUT2D eigenvalue weighted by atomic mass is 32.2. The quantitative estimate of drug-likeness (QED) is 0.469. The first-order valence-corrected chi connectivity index (χ1v) is 10.2. The van der Waals surface area contributed by atoms with E-state index >= 15 is 0 Å². The van der Waals surface area contributed by atoms with Crippen molar-refractivity contribution in [2.24, 2.45) is 5.92 Å². The first-order chi connectivity index (χ1) is 10.7. The molecule has 0 bridgehead atoms. The van der Waals surface area contributed by atoms with Crippen LogP contribution < -0.4 is 5.56 Å². The van der Waals surface area contributed by atoms with Gasteiger partial charge in [-0.1, -0.05) is 44.9 Å². The molecule has 1 aliphatic carbocycles. The number of aromatic amines is 1. The second kappa shape index (κ2) is 7.18. The summed E-state index contributed by atoms with van der Waals surface area (Å²) in [5.74, 6) is 1.77. The number of nitrogens with one attached hydrogen (secondary N) is 1. The molecule has 2 aromatic rings. The first-order valence-electron chi connectivity index (χ1n) is 8.36. The van der Waals surface area contributed by atoms with Crippen molar-refractivity contribution < 1.29 is 0 Å². The standard InChI is InChI=1S/C17H24N2OS2/c1-3-4-5-6-9-21-17-18-15(20)14-12-8-7-11(2)10-13(12)22-16(14)19-17/h11H,3-10H2,1-2H3,(H,18,19,20). The van der Waals surface area contributed by atoms with Gasteiger partial charge in [0.05, 0.1) is 5.39 Å². The van der Waals surface area contributed by atoms with E-state index in [1.807, 2.05) is 0 Å². The molecule has 0 amide bonds. The van der Waals surface area contributed by atoms with Gasteiger partial charge in [0, 0.05) is 10.6 Å². The number of aromatic nitrogens is 2. The smallest absolute Gasteiger partial charge is 0.260 e. The lowest BCUT2D eigenvalue weighted by atomic mass is 9.89. The summed E-state index contributed by atoms with van der Waals surface area (Å²) in [5.41, 5.74) is 1.33. The van der Waals surface area contributed by atoms with Crippen LogP contribution in [0.2, 0.25) is 0 Å². The number of hydrogen-bond acceptors (Lipinski definition) is 4. The zero-order valence-corrected chi connectivity index (χ0v) is 15.0. The highest BCUT2D eigenvalue weighted by molar-refractivity contribution is 7.99. The van der Waals surface area contributed by atoms with E-state index in [2.05, 4.69) is 18.8 Å². The van der Waals surface area contributed by atoms with Crippen molar-refractivity contribution in [3.05, 3.63) is 20.8 Å². The molecule has 2 aromatic heterocycles. The highest BCUT2D eigenvalue weighted by Gasteiger charge is 2.22. The molecule has 1 unspecified atom stereocenters. The van der Waals surface area contributed by atoms with Crippen LogP contribution in [-0.4, -0.2) is 15.7 Å². The van der Waals surface area contributed by atoms with Crippen molar-refractivity contribution in [3.63, 3.8) is 0 Å². The monoisotopic (exact) mass is 336 g/mol. The summed E-state index contributed by atoms with van der Waals surface area (Å²) in [7, 11) is 0. The number of thioether (sulfide) groups is 1. The Kier molecular flexibility index (Phi) is 5.24. The first kappa shape index (κ1) is 16.1. The van der Waals surface area contributed by atoms with E-state index in [0.29, 0.717) is 0 Å². The highest BCUT2D eigenvalue weighted by Crippen LogP contribution is 2.36. The summed E-state index contributed by atoms with van der Waals surface area (Å²) in [6.45, 7) is 4.52. The predicted octanol–water partition coefficient (Wildman–Crippen LogP) is 4.78. The normalized spacial score (nSPS) is 17.8. The second-order valence-electron chi connectivity index (χ2n) is 6.31. The van der Waals surface area contributed by atoms with Crippen LogP contribution in [0.15, 0.2) is 9.95 Å². The number of rotatable bonds is 6. The Hall–Kier alpha value is -0.810. The lowest BCUT2D eigenvalue weighted by Crippen LogP contribution is -2.13. The fourth-order valence-electron chi connectivity index (χ4n) is 3.10. The van der Waals surface area contributed by atoms with Crippen molar-refractivity contribution in [1.29, 1.82) is 0 Å². The van der Waals surface area contributed by atoms with Crippen molar-refractivity contribution >= 4 is 33.3 Å². The summed E-state index contributed by atoms with van der Waals surface area (Å²) in [6, 6.07) is 0. The number of nitrogens with zero attached hydrogens (tertiary/aromatic N) is 1. The van der Waals surface area contributed by atoms with Crippen molar-refractivity contribution in [2.75, 3.05) is 5.75 Å². The Bertz CT molecular complexity index is 704. The van der Waals surface area contributed by atoms with E-state index in [1.165, 1.54) is 42.5 Å². The van der Waals surface area contributed by atoms with E-state index in [-0.39, 0.29) is 5.56 Å². The maximum absolute atomic E-state index is 12.4. The molecule has 22 heavy (non-hydrogen) atoms. The molecule has 1 atom stereocenters. The molecule has 3 rings (SSSR count). The van der Waals surface area contributed by atoms with E-state index in [4.69, 9.17) is 4.98 Å². The molecule has 0 radical (unpaired) electrons. The fourth-order valence-corrected chi connectivity index (χ4v) is 5.40. The van der Waals surface area contributed by atoms with E-state index in [0.717, 1.165) is 39.9 Å². The molecule has 5 heteroatoms. The Morgan fingerprint density at radius 2 is 2.23 bits per heavy atom. The minimum atomic E-state index is 0.0631. The van der Waals surface area contributed by atoms with Gasteiger partial charge in [0.2, 0.25) is 0 Å². The number of unbranched alkanes of at least 4 members (excludes halogenated alkanes) is 3. The Morgan fingerprint density at radius 1 is 1.36 bits per heavy atom. The van der Waals surface area contributed by atoms with E-state index < -0.39 is 0 Å². The maximum Gasteiger partial charge on any atom is 0.260 e. The van der Waals surface area contributed by atoms with Gasteiger partial charge in [0.15, 0.2) is 5.16 Å². The lowest BCUT2D eigenvalue weighted by molar-refractivity contribution is 0.509. The van der Waals surface area contributed by atoms with Crippen LogP contribution in [-0.2, 0) is 12.8 Å². The molecule has 0 aliphatic heterocycles. The summed E-state index contributed by atoms with van der Waals surface area (Å²) < 4.78 is 0. The third-order valence-electron chi connectivity index (χ3n) is 4.38. The van der Waals surface area contributed by atoms with E-state index in [9.17, 15) is 4.79 Å². The van der Waals surface area contributed by atoms with Crippen LogP contribution >= 0.6 is 23.1 Å². The van der Waals surface area contributed by atoms with Gasteiger partial charge in [-0.25, -0.2) is 4.98 Å². The third kappa shape index (κ3) is 3.40. The molecule has 0 fully saturated rings. The van der Waals surface area contributed by atoms with Crippen LogP contribution in [0.1, 0.15) is 56.4 Å². The van der Waals surface area contributed by atoms with Crippen LogP contribution in [0.25, 0.3) is 10.2 Å². The topological polar surface area (TPSA) is 45.8 Å². The molecule has 0 aromatic carbocycles. The number of fused-ring (bicyclic) bond motifs is 3. The summed E-state index contributed by atoms with van der Waals surface area (Å²) in [5, 5.41) is 1.66. The minimum absolute atomic E-state index is 0.0631. The molecular formula is C17H24N2OS2. The van der Waals surface area contributed by atoms with Gasteiger partial charge in [-0.2, -0.15) is 0 Å². The SMILES string of the molecule is CCCCCCSc1nc2sc3c(c2c(=O)[nH]1)CCC(C)C3. The van der Waals surface area contributed by atoms with E-state index in [1.54, 1.807) is 23.1 Å². The van der Waals surface area contributed by atoms with Gasteiger partial charge in [0.25, 0.3) is 5.56 Å². The van der Waals surface area contributed by atoms with Gasteiger partial charge >= 0.3 is 0 Å². The van der Waals surface area contributed by atoms with Gasteiger partial charge < -0.3 is 4.98 Å². The molecule has 120 valence electrons. The van der Waals surface area contributed by atoms with Crippen LogP contribution in [0.4, 0.5) is 0 Å². The predicted molar refractivity (Wildman–Crippen MR) is 96.3 cm³/mol. The molecule has 1 N–H and O–H groups in total. The second-order valence-corrected chi connectivity index (χ2v) is 8.48. The molecule has 2 heterocycles. The molecule has 1 aliphatic rings. The molecule has 3 nitrogen and oxygen atoms in total. The molecule has 0 spiro atoms. The summed E-state index contributed by atoms with van der Waals surface area (Å²) >= 11 is 3.42. The Morgan fingerprint density at radius 3 is 3.05 bits per heavy atom. The number of aryl methyl sites for hydroxylation is 1. The average Bonchev–Trinajstić information content (AvgIpc) is 2.84. The van der Waals surface area contributed by atoms with Gasteiger partial charge in [0.1, 0.15) is 4.83 Å². The van der Waals surface area contributed by atoms with Crippen molar-refractivity contribution in [2.45, 2.75) is 63.9 Å². The van der Waals surface area contributed by atoms with Crippen LogP contribution in [0, 0.1) is 5.92 Å². The fraction of sp³-hybridized carbons (Fsp3) is 0.647. The Labute approximate surface area is 139 Å². The van der Waals surface area contributed by atoms with Crippen molar-refractivity contribution in [1.82, 2.24) is 9.97 Å². The molecule has 0 saturated heterocycles. The van der Waals surface area contributed by atoms with Crippen LogP contribution in [0.3, 0.4) is 0 Å². The van der Waals surface area contributed by atoms with Gasteiger partial charge in [-0.3, -0.25) is 4.79 Å². The maximum atomic E-state index is 12.4. The summed E-state index contributed by atoms with van der Waals surface area (Å²) in [4.78, 5) is 22.5. The Balaban J connectivity index is 1.79. The third-order valence-corrected chi connectivity index (χ3v) is 6.49. The molecular weight excluding hydrogens is 312 g/mol.